The lowest BCUT2D eigenvalue weighted by molar-refractivity contribution is 0.0729. The summed E-state index contributed by atoms with van der Waals surface area (Å²) < 4.78 is 7.26. The van der Waals surface area contributed by atoms with Gasteiger partial charge in [0.05, 0.1) is 5.56 Å². The summed E-state index contributed by atoms with van der Waals surface area (Å²) in [4.78, 5) is 16.1. The van der Waals surface area contributed by atoms with E-state index in [0.29, 0.717) is 18.7 Å². The average Bonchev–Trinajstić information content (AvgIpc) is 3.25. The third-order valence-corrected chi connectivity index (χ3v) is 7.10. The maximum atomic E-state index is 14.2. The summed E-state index contributed by atoms with van der Waals surface area (Å²) >= 11 is 3.64. The topological polar surface area (TPSA) is 33.5 Å². The maximum Gasteiger partial charge on any atom is 0.258 e. The van der Waals surface area contributed by atoms with Crippen LogP contribution in [-0.2, 0) is 19.5 Å². The van der Waals surface area contributed by atoms with Crippen molar-refractivity contribution in [1.82, 2.24) is 4.90 Å². The van der Waals surface area contributed by atoms with E-state index in [2.05, 4.69) is 65.3 Å². The average molecular weight is 526 g/mol. The summed E-state index contributed by atoms with van der Waals surface area (Å²) in [5.74, 6) is 0.804. The van der Waals surface area contributed by atoms with Gasteiger partial charge in [-0.25, -0.2) is 0 Å². The number of carbonyl (C=O) groups is 1. The van der Waals surface area contributed by atoms with Crippen molar-refractivity contribution in [2.45, 2.75) is 39.3 Å². The van der Waals surface area contributed by atoms with Crippen LogP contribution >= 0.6 is 15.9 Å². The second-order valence-electron chi connectivity index (χ2n) is 8.94. The zero-order chi connectivity index (χ0) is 24.2. The Labute approximate surface area is 214 Å². The Bertz CT molecular complexity index is 1470. The fourth-order valence-corrected chi connectivity index (χ4v) is 5.13. The highest BCUT2D eigenvalue weighted by Crippen LogP contribution is 2.30. The third-order valence-electron chi connectivity index (χ3n) is 6.41. The number of hydrogen-bond acceptors (Lipinski definition) is 2. The first-order valence-corrected chi connectivity index (χ1v) is 12.9. The molecule has 4 aromatic carbocycles. The van der Waals surface area contributed by atoms with Crippen molar-refractivity contribution in [2.75, 3.05) is 0 Å². The van der Waals surface area contributed by atoms with Crippen LogP contribution in [0, 0.1) is 0 Å². The number of fused-ring (bicyclic) bond motifs is 2. The van der Waals surface area contributed by atoms with Gasteiger partial charge in [-0.2, -0.15) is 0 Å². The van der Waals surface area contributed by atoms with Crippen molar-refractivity contribution < 1.29 is 9.21 Å². The van der Waals surface area contributed by atoms with Crippen LogP contribution in [-0.4, -0.2) is 10.8 Å². The number of furan rings is 1. The molecule has 0 spiro atoms. The molecule has 0 unspecified atom stereocenters. The Morgan fingerprint density at radius 3 is 2.43 bits per heavy atom. The monoisotopic (exact) mass is 525 g/mol. The van der Waals surface area contributed by atoms with E-state index in [4.69, 9.17) is 4.42 Å². The summed E-state index contributed by atoms with van der Waals surface area (Å²) in [6, 6.07) is 30.7. The highest BCUT2D eigenvalue weighted by Gasteiger charge is 2.25. The molecule has 0 radical (unpaired) electrons. The SMILES string of the molecule is CCCCc1oc2ccccc2c1C(=O)N(Cc1ccccc1)Cc1ccc2c(Br)cccc2c1. The second-order valence-corrected chi connectivity index (χ2v) is 9.80. The van der Waals surface area contributed by atoms with Crippen molar-refractivity contribution >= 4 is 43.6 Å². The predicted molar refractivity (Wildman–Crippen MR) is 146 cm³/mol. The second kappa shape index (κ2) is 10.5. The zero-order valence-corrected chi connectivity index (χ0v) is 21.4. The molecule has 0 saturated carbocycles. The first kappa shape index (κ1) is 23.4. The lowest BCUT2D eigenvalue weighted by Gasteiger charge is -2.24. The highest BCUT2D eigenvalue weighted by atomic mass is 79.9. The summed E-state index contributed by atoms with van der Waals surface area (Å²) in [6.07, 6.45) is 2.79. The number of nitrogens with zero attached hydrogens (tertiary/aromatic N) is 1. The Morgan fingerprint density at radius 1 is 0.829 bits per heavy atom. The van der Waals surface area contributed by atoms with E-state index < -0.39 is 0 Å². The minimum absolute atomic E-state index is 0.0132. The molecule has 0 bridgehead atoms. The lowest BCUT2D eigenvalue weighted by atomic mass is 10.0. The molecule has 0 atom stereocenters. The molecule has 0 N–H and O–H groups in total. The lowest BCUT2D eigenvalue weighted by Crippen LogP contribution is -2.30. The van der Waals surface area contributed by atoms with Crippen LogP contribution in [0.4, 0.5) is 0 Å². The molecule has 0 aliphatic carbocycles. The minimum atomic E-state index is 0.0132. The van der Waals surface area contributed by atoms with Crippen molar-refractivity contribution in [1.29, 1.82) is 0 Å². The summed E-state index contributed by atoms with van der Waals surface area (Å²) in [7, 11) is 0. The molecule has 5 rings (SSSR count). The number of rotatable bonds is 8. The van der Waals surface area contributed by atoms with Gasteiger partial charge in [-0.1, -0.05) is 102 Å². The molecule has 0 aliphatic rings. The van der Waals surface area contributed by atoms with Gasteiger partial charge in [0.2, 0.25) is 0 Å². The molecule has 0 aliphatic heterocycles. The molecular weight excluding hydrogens is 498 g/mol. The molecular formula is C31H28BrNO2. The quantitative estimate of drug-likeness (QED) is 0.203. The van der Waals surface area contributed by atoms with Gasteiger partial charge in [0.1, 0.15) is 11.3 Å². The van der Waals surface area contributed by atoms with Crippen LogP contribution in [0.5, 0.6) is 0 Å². The van der Waals surface area contributed by atoms with Crippen molar-refractivity contribution in [3.63, 3.8) is 0 Å². The molecule has 1 amide bonds. The van der Waals surface area contributed by atoms with E-state index in [1.54, 1.807) is 0 Å². The standard InChI is InChI=1S/C31H28BrNO2/c1-2-3-15-29-30(26-13-7-8-16-28(26)35-29)31(34)33(20-22-10-5-4-6-11-22)21-23-17-18-25-24(19-23)12-9-14-27(25)32/h4-14,16-19H,2-3,15,20-21H2,1H3. The highest BCUT2D eigenvalue weighted by molar-refractivity contribution is 9.10. The van der Waals surface area contributed by atoms with Crippen molar-refractivity contribution in [3.05, 3.63) is 118 Å². The molecule has 176 valence electrons. The van der Waals surface area contributed by atoms with Crippen molar-refractivity contribution in [3.8, 4) is 0 Å². The summed E-state index contributed by atoms with van der Waals surface area (Å²) in [6.45, 7) is 3.20. The zero-order valence-electron chi connectivity index (χ0n) is 19.8. The van der Waals surface area contributed by atoms with Crippen LogP contribution in [0.1, 0.15) is 47.0 Å². The van der Waals surface area contributed by atoms with Crippen LogP contribution in [0.15, 0.2) is 99.9 Å². The Hall–Kier alpha value is -3.37. The van der Waals surface area contributed by atoms with E-state index in [-0.39, 0.29) is 5.91 Å². The molecule has 3 nitrogen and oxygen atoms in total. The molecule has 35 heavy (non-hydrogen) atoms. The van der Waals surface area contributed by atoms with E-state index in [9.17, 15) is 4.79 Å². The summed E-state index contributed by atoms with van der Waals surface area (Å²) in [5.41, 5.74) is 3.68. The fourth-order valence-electron chi connectivity index (χ4n) is 4.62. The number of benzene rings is 4. The largest absolute Gasteiger partial charge is 0.460 e. The number of hydrogen-bond donors (Lipinski definition) is 0. The Kier molecular flexibility index (Phi) is 7.01. The molecule has 1 aromatic heterocycles. The van der Waals surface area contributed by atoms with E-state index in [1.807, 2.05) is 53.4 Å². The molecule has 1 heterocycles. The maximum absolute atomic E-state index is 14.2. The van der Waals surface area contributed by atoms with Gasteiger partial charge >= 0.3 is 0 Å². The number of aryl methyl sites for hydroxylation is 1. The van der Waals surface area contributed by atoms with Crippen LogP contribution in [0.2, 0.25) is 0 Å². The van der Waals surface area contributed by atoms with Gasteiger partial charge in [-0.3, -0.25) is 4.79 Å². The van der Waals surface area contributed by atoms with Crippen LogP contribution in [0.3, 0.4) is 0 Å². The van der Waals surface area contributed by atoms with Crippen LogP contribution < -0.4 is 0 Å². The fraction of sp³-hybridized carbons (Fsp3) is 0.194. The number of para-hydroxylation sites is 1. The number of amides is 1. The van der Waals surface area contributed by atoms with E-state index in [0.717, 1.165) is 57.0 Å². The number of unbranched alkanes of at least 4 members (excludes halogenated alkanes) is 1. The predicted octanol–water partition coefficient (Wildman–Crippen LogP) is 8.53. The first-order chi connectivity index (χ1) is 17.1. The Balaban J connectivity index is 1.55. The van der Waals surface area contributed by atoms with Gasteiger partial charge in [0, 0.05) is 29.4 Å². The smallest absolute Gasteiger partial charge is 0.258 e. The van der Waals surface area contributed by atoms with Crippen molar-refractivity contribution in [2.24, 2.45) is 0 Å². The number of halogens is 1. The first-order valence-electron chi connectivity index (χ1n) is 12.1. The Morgan fingerprint density at radius 2 is 1.60 bits per heavy atom. The molecule has 5 aromatic rings. The summed E-state index contributed by atoms with van der Waals surface area (Å²) in [5, 5.41) is 3.21. The van der Waals surface area contributed by atoms with Gasteiger partial charge in [-0.15, -0.1) is 0 Å². The molecule has 4 heteroatoms. The van der Waals surface area contributed by atoms with Crippen LogP contribution in [0.25, 0.3) is 21.7 Å². The third kappa shape index (κ3) is 5.03. The minimum Gasteiger partial charge on any atom is -0.460 e. The van der Waals surface area contributed by atoms with Gasteiger partial charge in [-0.05, 0) is 46.5 Å². The number of carbonyl (C=O) groups excluding carboxylic acids is 1. The molecule has 0 saturated heterocycles. The van der Waals surface area contributed by atoms with E-state index >= 15 is 0 Å². The molecule has 0 fully saturated rings. The van der Waals surface area contributed by atoms with Gasteiger partial charge in [0.25, 0.3) is 5.91 Å². The van der Waals surface area contributed by atoms with Gasteiger partial charge in [0.15, 0.2) is 0 Å². The normalized spacial score (nSPS) is 11.3. The van der Waals surface area contributed by atoms with E-state index in [1.165, 1.54) is 5.39 Å². The van der Waals surface area contributed by atoms with Gasteiger partial charge < -0.3 is 9.32 Å².